The van der Waals surface area contributed by atoms with Gasteiger partial charge >= 0.3 is 5.97 Å². The lowest BCUT2D eigenvalue weighted by Crippen LogP contribution is -2.02. The Labute approximate surface area is 121 Å². The first-order valence-corrected chi connectivity index (χ1v) is 7.86. The van der Waals surface area contributed by atoms with E-state index in [1.807, 2.05) is 0 Å². The van der Waals surface area contributed by atoms with Gasteiger partial charge in [-0.1, -0.05) is 0 Å². The molecule has 0 amide bonds. The highest BCUT2D eigenvalue weighted by molar-refractivity contribution is 7.90. The summed E-state index contributed by atoms with van der Waals surface area (Å²) >= 11 is 0. The summed E-state index contributed by atoms with van der Waals surface area (Å²) in [4.78, 5) is 14.9. The third-order valence-corrected chi connectivity index (χ3v) is 3.84. The molecule has 0 bridgehead atoms. The topological polar surface area (TPSA) is 93.6 Å². The van der Waals surface area contributed by atoms with E-state index in [1.165, 1.54) is 24.4 Å². The number of sulfone groups is 1. The summed E-state index contributed by atoms with van der Waals surface area (Å²) in [7, 11) is -3.22. The van der Waals surface area contributed by atoms with Gasteiger partial charge in [-0.15, -0.1) is 0 Å². The van der Waals surface area contributed by atoms with Crippen LogP contribution in [0.1, 0.15) is 16.1 Å². The summed E-state index contributed by atoms with van der Waals surface area (Å²) in [6.07, 6.45) is 2.39. The Hall–Kier alpha value is -2.41. The predicted octanol–water partition coefficient (Wildman–Crippen LogP) is 1.76. The molecule has 110 valence electrons. The predicted molar refractivity (Wildman–Crippen MR) is 75.1 cm³/mol. The van der Waals surface area contributed by atoms with Crippen LogP contribution in [0.15, 0.2) is 47.5 Å². The maximum atomic E-state index is 11.3. The molecule has 7 heteroatoms. The normalized spacial score (nSPS) is 11.1. The molecule has 0 aliphatic carbocycles. The molecule has 0 saturated heterocycles. The van der Waals surface area contributed by atoms with Gasteiger partial charge in [-0.2, -0.15) is 0 Å². The van der Waals surface area contributed by atoms with Gasteiger partial charge in [0.15, 0.2) is 9.84 Å². The highest BCUT2D eigenvalue weighted by Gasteiger charge is 2.07. The highest BCUT2D eigenvalue weighted by Crippen LogP contribution is 2.16. The van der Waals surface area contributed by atoms with Crippen LogP contribution >= 0.6 is 0 Å². The van der Waals surface area contributed by atoms with Crippen molar-refractivity contribution < 1.29 is 23.1 Å². The molecular formula is C14H13NO5S. The van der Waals surface area contributed by atoms with Gasteiger partial charge in [0.2, 0.25) is 0 Å². The van der Waals surface area contributed by atoms with E-state index >= 15 is 0 Å². The first-order valence-electron chi connectivity index (χ1n) is 5.97. The van der Waals surface area contributed by atoms with E-state index in [0.717, 1.165) is 6.26 Å². The monoisotopic (exact) mass is 307 g/mol. The number of aromatic nitrogens is 1. The molecule has 0 atom stereocenters. The molecule has 0 saturated carbocycles. The van der Waals surface area contributed by atoms with Gasteiger partial charge in [0, 0.05) is 12.5 Å². The van der Waals surface area contributed by atoms with Crippen LogP contribution in [0, 0.1) is 0 Å². The lowest BCUT2D eigenvalue weighted by Gasteiger charge is -2.06. The molecule has 1 N–H and O–H groups in total. The molecule has 1 aromatic heterocycles. The fourth-order valence-corrected chi connectivity index (χ4v) is 2.21. The molecule has 6 nitrogen and oxygen atoms in total. The second-order valence-corrected chi connectivity index (χ2v) is 6.39. The van der Waals surface area contributed by atoms with Gasteiger partial charge in [0.1, 0.15) is 12.4 Å². The zero-order chi connectivity index (χ0) is 15.5. The summed E-state index contributed by atoms with van der Waals surface area (Å²) in [5, 5.41) is 8.75. The number of carboxylic acid groups (broad SMARTS) is 1. The van der Waals surface area contributed by atoms with Crippen molar-refractivity contribution in [2.24, 2.45) is 0 Å². The van der Waals surface area contributed by atoms with Gasteiger partial charge in [0.05, 0.1) is 16.2 Å². The SMILES string of the molecule is CS(=O)(=O)c1ccc(OCc2ccc(C(=O)O)cn2)cc1. The van der Waals surface area contributed by atoms with Crippen molar-refractivity contribution in [1.82, 2.24) is 4.98 Å². The summed E-state index contributed by atoms with van der Waals surface area (Å²) in [5.74, 6) is -0.530. The van der Waals surface area contributed by atoms with Crippen LogP contribution in [-0.4, -0.2) is 30.7 Å². The molecule has 2 rings (SSSR count). The number of carbonyl (C=O) groups is 1. The fourth-order valence-electron chi connectivity index (χ4n) is 1.58. The van der Waals surface area contributed by atoms with E-state index in [9.17, 15) is 13.2 Å². The lowest BCUT2D eigenvalue weighted by atomic mass is 10.2. The largest absolute Gasteiger partial charge is 0.487 e. The zero-order valence-electron chi connectivity index (χ0n) is 11.2. The summed E-state index contributed by atoms with van der Waals surface area (Å²) in [6.45, 7) is 0.165. The molecule has 1 aromatic carbocycles. The maximum absolute atomic E-state index is 11.3. The van der Waals surface area contributed by atoms with Gasteiger partial charge in [-0.05, 0) is 36.4 Å². The molecule has 0 radical (unpaired) electrons. The van der Waals surface area contributed by atoms with E-state index in [1.54, 1.807) is 18.2 Å². The standard InChI is InChI=1S/C14H13NO5S/c1-21(18,19)13-6-4-12(5-7-13)20-9-11-3-2-10(8-15-11)14(16)17/h2-8H,9H2,1H3,(H,16,17). The molecule has 0 unspecified atom stereocenters. The van der Waals surface area contributed by atoms with Gasteiger partial charge < -0.3 is 9.84 Å². The first kappa shape index (κ1) is 15.0. The number of nitrogens with zero attached hydrogens (tertiary/aromatic N) is 1. The molecule has 1 heterocycles. The van der Waals surface area contributed by atoms with Crippen LogP contribution in [0.3, 0.4) is 0 Å². The van der Waals surface area contributed by atoms with Crippen LogP contribution in [0.25, 0.3) is 0 Å². The van der Waals surface area contributed by atoms with E-state index < -0.39 is 15.8 Å². The van der Waals surface area contributed by atoms with Crippen LogP contribution in [0.5, 0.6) is 5.75 Å². The molecule has 2 aromatic rings. The molecule has 0 spiro atoms. The molecule has 21 heavy (non-hydrogen) atoms. The van der Waals surface area contributed by atoms with Crippen molar-refractivity contribution in [3.8, 4) is 5.75 Å². The number of hydrogen-bond acceptors (Lipinski definition) is 5. The number of carboxylic acids is 1. The van der Waals surface area contributed by atoms with Gasteiger partial charge in [0.25, 0.3) is 0 Å². The van der Waals surface area contributed by atoms with Crippen molar-refractivity contribution in [2.45, 2.75) is 11.5 Å². The Balaban J connectivity index is 2.01. The summed E-state index contributed by atoms with van der Waals surface area (Å²) < 4.78 is 28.1. The molecule has 0 fully saturated rings. The van der Waals surface area contributed by atoms with Gasteiger partial charge in [-0.25, -0.2) is 13.2 Å². The zero-order valence-corrected chi connectivity index (χ0v) is 12.0. The van der Waals surface area contributed by atoms with Crippen molar-refractivity contribution in [1.29, 1.82) is 0 Å². The number of hydrogen-bond donors (Lipinski definition) is 1. The number of ether oxygens (including phenoxy) is 1. The third kappa shape index (κ3) is 4.03. The Morgan fingerprint density at radius 3 is 2.33 bits per heavy atom. The molecular weight excluding hydrogens is 294 g/mol. The lowest BCUT2D eigenvalue weighted by molar-refractivity contribution is 0.0696. The molecule has 0 aliphatic heterocycles. The minimum absolute atomic E-state index is 0.108. The Bertz CT molecular complexity index is 736. The molecule has 0 aliphatic rings. The van der Waals surface area contributed by atoms with Crippen LogP contribution < -0.4 is 4.74 Å². The Morgan fingerprint density at radius 2 is 1.86 bits per heavy atom. The van der Waals surface area contributed by atoms with Crippen molar-refractivity contribution in [2.75, 3.05) is 6.26 Å². The Morgan fingerprint density at radius 1 is 1.19 bits per heavy atom. The fraction of sp³-hybridized carbons (Fsp3) is 0.143. The average Bonchev–Trinajstić information content (AvgIpc) is 2.45. The van der Waals surface area contributed by atoms with E-state index in [2.05, 4.69) is 4.98 Å². The smallest absolute Gasteiger partial charge is 0.337 e. The minimum atomic E-state index is -3.22. The van der Waals surface area contributed by atoms with Gasteiger partial charge in [-0.3, -0.25) is 4.98 Å². The average molecular weight is 307 g/mol. The minimum Gasteiger partial charge on any atom is -0.487 e. The summed E-state index contributed by atoms with van der Waals surface area (Å²) in [5.41, 5.74) is 0.684. The second kappa shape index (κ2) is 5.92. The van der Waals surface area contributed by atoms with Crippen molar-refractivity contribution >= 4 is 15.8 Å². The second-order valence-electron chi connectivity index (χ2n) is 4.38. The quantitative estimate of drug-likeness (QED) is 0.904. The number of rotatable bonds is 5. The van der Waals surface area contributed by atoms with E-state index in [0.29, 0.717) is 11.4 Å². The van der Waals surface area contributed by atoms with Crippen LogP contribution in [-0.2, 0) is 16.4 Å². The van der Waals surface area contributed by atoms with E-state index in [4.69, 9.17) is 9.84 Å². The summed E-state index contributed by atoms with van der Waals surface area (Å²) in [6, 6.07) is 9.05. The van der Waals surface area contributed by atoms with E-state index in [-0.39, 0.29) is 17.1 Å². The van der Waals surface area contributed by atoms with Crippen molar-refractivity contribution in [3.63, 3.8) is 0 Å². The number of aromatic carboxylic acids is 1. The maximum Gasteiger partial charge on any atom is 0.337 e. The number of pyridine rings is 1. The Kier molecular flexibility index (Phi) is 4.23. The highest BCUT2D eigenvalue weighted by atomic mass is 32.2. The van der Waals surface area contributed by atoms with Crippen molar-refractivity contribution in [3.05, 3.63) is 53.9 Å². The van der Waals surface area contributed by atoms with Crippen LogP contribution in [0.2, 0.25) is 0 Å². The van der Waals surface area contributed by atoms with Crippen LogP contribution in [0.4, 0.5) is 0 Å². The first-order chi connectivity index (χ1) is 9.86. The number of benzene rings is 1. The third-order valence-electron chi connectivity index (χ3n) is 2.71.